The lowest BCUT2D eigenvalue weighted by Gasteiger charge is -2.40. The van der Waals surface area contributed by atoms with E-state index in [0.717, 1.165) is 49.9 Å². The second-order valence-electron chi connectivity index (χ2n) is 11.0. The molecule has 0 unspecified atom stereocenters. The van der Waals surface area contributed by atoms with Crippen LogP contribution >= 0.6 is 0 Å². The number of phenolic OH excluding ortho intramolecular Hbond substituents is 1. The number of carbonyl (C=O) groups is 1. The lowest BCUT2D eigenvalue weighted by atomic mass is 9.79. The molecule has 0 radical (unpaired) electrons. The molecule has 4 aromatic rings. The second kappa shape index (κ2) is 11.3. The molecule has 2 aromatic carbocycles. The lowest BCUT2D eigenvalue weighted by Crippen LogP contribution is -2.47. The Balaban J connectivity index is 0.000000177. The quantitative estimate of drug-likeness (QED) is 0.334. The zero-order valence-corrected chi connectivity index (χ0v) is 23.8. The van der Waals surface area contributed by atoms with Crippen LogP contribution in [0.15, 0.2) is 54.9 Å². The average molecular weight is 528 g/mol. The maximum Gasteiger partial charge on any atom is 0.230 e. The Morgan fingerprint density at radius 2 is 1.72 bits per heavy atom. The van der Waals surface area contributed by atoms with E-state index in [0.29, 0.717) is 11.8 Å². The molecular formula is C32H41N5O2. The van der Waals surface area contributed by atoms with Gasteiger partial charge in [-0.25, -0.2) is 0 Å². The molecule has 1 amide bonds. The van der Waals surface area contributed by atoms with E-state index in [1.54, 1.807) is 6.07 Å². The monoisotopic (exact) mass is 527 g/mol. The molecule has 2 aromatic heterocycles. The van der Waals surface area contributed by atoms with Crippen molar-refractivity contribution >= 4 is 33.3 Å². The summed E-state index contributed by atoms with van der Waals surface area (Å²) >= 11 is 0. The Hall–Kier alpha value is -3.55. The Bertz CT molecular complexity index is 1490. The number of fused-ring (bicyclic) bond motifs is 3. The summed E-state index contributed by atoms with van der Waals surface area (Å²) < 4.78 is 0. The molecule has 1 aliphatic carbocycles. The van der Waals surface area contributed by atoms with Crippen molar-refractivity contribution in [1.29, 1.82) is 0 Å². The van der Waals surface area contributed by atoms with Gasteiger partial charge in [0.1, 0.15) is 5.75 Å². The Morgan fingerprint density at radius 1 is 1.03 bits per heavy atom. The number of benzene rings is 2. The van der Waals surface area contributed by atoms with Gasteiger partial charge in [-0.1, -0.05) is 24.3 Å². The van der Waals surface area contributed by atoms with Gasteiger partial charge in [0.2, 0.25) is 5.91 Å². The van der Waals surface area contributed by atoms with Gasteiger partial charge in [-0.2, -0.15) is 0 Å². The minimum atomic E-state index is -0.0445. The van der Waals surface area contributed by atoms with Crippen LogP contribution < -0.4 is 0 Å². The van der Waals surface area contributed by atoms with E-state index in [4.69, 9.17) is 0 Å². The molecule has 0 saturated carbocycles. The molecule has 39 heavy (non-hydrogen) atoms. The third kappa shape index (κ3) is 5.21. The first-order chi connectivity index (χ1) is 18.8. The molecule has 0 saturated heterocycles. The largest absolute Gasteiger partial charge is 0.507 e. The number of nitrogens with one attached hydrogen (secondary N) is 2. The zero-order chi connectivity index (χ0) is 27.7. The molecule has 0 bridgehead atoms. The lowest BCUT2D eigenvalue weighted by molar-refractivity contribution is -0.134. The summed E-state index contributed by atoms with van der Waals surface area (Å²) in [4.78, 5) is 25.9. The summed E-state index contributed by atoms with van der Waals surface area (Å²) in [6, 6.07) is 12.4. The third-order valence-electron chi connectivity index (χ3n) is 8.25. The van der Waals surface area contributed by atoms with Gasteiger partial charge in [-0.15, -0.1) is 0 Å². The highest BCUT2D eigenvalue weighted by Crippen LogP contribution is 2.41. The van der Waals surface area contributed by atoms with Crippen molar-refractivity contribution in [1.82, 2.24) is 24.7 Å². The van der Waals surface area contributed by atoms with Gasteiger partial charge < -0.3 is 24.9 Å². The van der Waals surface area contributed by atoms with E-state index in [-0.39, 0.29) is 11.8 Å². The van der Waals surface area contributed by atoms with Crippen molar-refractivity contribution in [3.63, 3.8) is 0 Å². The van der Waals surface area contributed by atoms with Crippen LogP contribution in [-0.4, -0.2) is 89.0 Å². The predicted octanol–water partition coefficient (Wildman–Crippen LogP) is 4.88. The van der Waals surface area contributed by atoms with Crippen LogP contribution in [0.1, 0.15) is 30.5 Å². The summed E-state index contributed by atoms with van der Waals surface area (Å²) in [6.07, 6.45) is 8.34. The van der Waals surface area contributed by atoms with Crippen LogP contribution in [0.25, 0.3) is 27.4 Å². The summed E-state index contributed by atoms with van der Waals surface area (Å²) in [5, 5.41) is 12.1. The van der Waals surface area contributed by atoms with Crippen molar-refractivity contribution in [3.8, 4) is 5.75 Å². The van der Waals surface area contributed by atoms with Gasteiger partial charge in [-0.05, 0) is 88.3 Å². The molecule has 3 heterocycles. The van der Waals surface area contributed by atoms with Gasteiger partial charge in [0.25, 0.3) is 0 Å². The fourth-order valence-corrected chi connectivity index (χ4v) is 6.15. The van der Waals surface area contributed by atoms with Gasteiger partial charge in [0.15, 0.2) is 0 Å². The molecule has 7 heteroatoms. The van der Waals surface area contributed by atoms with Crippen LogP contribution in [0, 0.1) is 5.92 Å². The number of likely N-dealkylation sites (N-methyl/N-ethyl adjacent to an activating group) is 2. The smallest absolute Gasteiger partial charge is 0.230 e. The summed E-state index contributed by atoms with van der Waals surface area (Å²) in [5.74, 6) is 0.573. The molecule has 2 aliphatic rings. The van der Waals surface area contributed by atoms with E-state index in [1.165, 1.54) is 33.2 Å². The van der Waals surface area contributed by atoms with Crippen LogP contribution in [0.5, 0.6) is 5.75 Å². The first-order valence-corrected chi connectivity index (χ1v) is 14.0. The van der Waals surface area contributed by atoms with Gasteiger partial charge in [0.05, 0.1) is 5.92 Å². The summed E-state index contributed by atoms with van der Waals surface area (Å²) in [6.45, 7) is 7.45. The summed E-state index contributed by atoms with van der Waals surface area (Å²) in [7, 11) is 6.25. The molecule has 0 fully saturated rings. The van der Waals surface area contributed by atoms with E-state index < -0.39 is 0 Å². The fraction of sp³-hybridized carbons (Fsp3) is 0.406. The van der Waals surface area contributed by atoms with Crippen LogP contribution in [0.3, 0.4) is 0 Å². The van der Waals surface area contributed by atoms with E-state index in [9.17, 15) is 9.90 Å². The number of aromatic nitrogens is 2. The second-order valence-corrected chi connectivity index (χ2v) is 11.0. The Kier molecular flexibility index (Phi) is 7.82. The molecule has 6 rings (SSSR count). The molecular weight excluding hydrogens is 486 g/mol. The number of hydrogen-bond acceptors (Lipinski definition) is 4. The maximum atomic E-state index is 12.9. The topological polar surface area (TPSA) is 78.6 Å². The number of H-pyrrole nitrogens is 2. The highest BCUT2D eigenvalue weighted by atomic mass is 16.3. The van der Waals surface area contributed by atoms with Crippen molar-refractivity contribution in [2.24, 2.45) is 5.92 Å². The normalized spacial score (nSPS) is 18.6. The summed E-state index contributed by atoms with van der Waals surface area (Å²) in [5.41, 5.74) is 7.39. The van der Waals surface area contributed by atoms with Crippen LogP contribution in [0.2, 0.25) is 0 Å². The first kappa shape index (κ1) is 27.0. The first-order valence-electron chi connectivity index (χ1n) is 14.0. The number of aromatic amines is 2. The molecule has 7 nitrogen and oxygen atoms in total. The number of phenols is 1. The predicted molar refractivity (Wildman–Crippen MR) is 160 cm³/mol. The third-order valence-corrected chi connectivity index (χ3v) is 8.25. The van der Waals surface area contributed by atoms with Crippen molar-refractivity contribution < 1.29 is 9.90 Å². The zero-order valence-electron chi connectivity index (χ0n) is 23.8. The number of amides is 1. The van der Waals surface area contributed by atoms with Gasteiger partial charge in [-0.3, -0.25) is 9.69 Å². The molecule has 1 aliphatic heterocycles. The number of aromatic hydroxyl groups is 1. The molecule has 2 atom stereocenters. The van der Waals surface area contributed by atoms with Crippen molar-refractivity contribution in [2.45, 2.75) is 32.7 Å². The SMILES string of the molecule is CCN(CC)C(=O)[C@@H]1C=C2c3cccc4[nH]cc(c34)C[C@H]2N(C)C1.CN(C)CCc1c[nH]c2cccc(O)c12. The van der Waals surface area contributed by atoms with Crippen molar-refractivity contribution in [2.75, 3.05) is 47.3 Å². The Morgan fingerprint density at radius 3 is 2.44 bits per heavy atom. The van der Waals surface area contributed by atoms with Crippen LogP contribution in [0.4, 0.5) is 0 Å². The number of carbonyl (C=O) groups excluding carboxylic acids is 1. The molecule has 3 N–H and O–H groups in total. The van der Waals surface area contributed by atoms with E-state index >= 15 is 0 Å². The fourth-order valence-electron chi connectivity index (χ4n) is 6.15. The molecule has 206 valence electrons. The Labute approximate surface area is 231 Å². The maximum absolute atomic E-state index is 12.9. The van der Waals surface area contributed by atoms with E-state index in [2.05, 4.69) is 85.2 Å². The van der Waals surface area contributed by atoms with Gasteiger partial charge in [0, 0.05) is 66.4 Å². The highest BCUT2D eigenvalue weighted by molar-refractivity contribution is 5.99. The number of nitrogens with zero attached hydrogens (tertiary/aromatic N) is 3. The number of rotatable bonds is 6. The minimum absolute atomic E-state index is 0.0445. The standard InChI is InChI=1S/C20H25N3O.C12H16N2O/c1-4-23(5-2)20(24)14-9-16-15-7-6-8-17-19(15)13(11-21-17)10-18(16)22(3)12-14;1-14(2)7-6-9-8-13-10-4-3-5-11(15)12(9)10/h6-9,11,14,18,21H,4-5,10,12H2,1-3H3;3-5,8,13,15H,6-7H2,1-2H3/t14-,18-;/m1./s1. The minimum Gasteiger partial charge on any atom is -0.507 e. The van der Waals surface area contributed by atoms with Crippen molar-refractivity contribution in [3.05, 3.63) is 71.6 Å². The van der Waals surface area contributed by atoms with E-state index in [1.807, 2.05) is 23.2 Å². The molecule has 0 spiro atoms. The highest BCUT2D eigenvalue weighted by Gasteiger charge is 2.36. The average Bonchev–Trinajstić information content (AvgIpc) is 3.55. The van der Waals surface area contributed by atoms with Gasteiger partial charge >= 0.3 is 0 Å². The van der Waals surface area contributed by atoms with Crippen LogP contribution in [-0.2, 0) is 17.6 Å². The number of hydrogen-bond donors (Lipinski definition) is 3.